The van der Waals surface area contributed by atoms with Crippen molar-refractivity contribution in [1.82, 2.24) is 9.78 Å². The summed E-state index contributed by atoms with van der Waals surface area (Å²) >= 11 is 0. The lowest BCUT2D eigenvalue weighted by atomic mass is 9.90. The Morgan fingerprint density at radius 3 is 2.64 bits per heavy atom. The lowest BCUT2D eigenvalue weighted by molar-refractivity contribution is 0.0261. The first kappa shape index (κ1) is 11.2. The molecule has 1 rings (SSSR count). The summed E-state index contributed by atoms with van der Waals surface area (Å²) in [6, 6.07) is 1.97. The molecule has 14 heavy (non-hydrogen) atoms. The van der Waals surface area contributed by atoms with Crippen molar-refractivity contribution in [2.24, 2.45) is 7.05 Å². The van der Waals surface area contributed by atoms with Crippen LogP contribution in [0.3, 0.4) is 0 Å². The van der Waals surface area contributed by atoms with Gasteiger partial charge in [0, 0.05) is 19.7 Å². The minimum absolute atomic E-state index is 0.566. The first-order valence-electron chi connectivity index (χ1n) is 5.30. The second kappa shape index (κ2) is 4.60. The van der Waals surface area contributed by atoms with Gasteiger partial charge in [0.15, 0.2) is 0 Å². The van der Waals surface area contributed by atoms with Crippen LogP contribution in [0.15, 0.2) is 12.3 Å². The first-order valence-corrected chi connectivity index (χ1v) is 5.30. The van der Waals surface area contributed by atoms with Gasteiger partial charge in [-0.2, -0.15) is 5.10 Å². The molecule has 80 valence electrons. The number of rotatable bonds is 5. The Labute approximate surface area is 85.8 Å². The Hall–Kier alpha value is -0.830. The number of aliphatic hydroxyl groups is 1. The van der Waals surface area contributed by atoms with E-state index in [1.807, 2.05) is 26.2 Å². The fourth-order valence-electron chi connectivity index (χ4n) is 1.75. The number of aryl methyl sites for hydroxylation is 1. The zero-order valence-electron chi connectivity index (χ0n) is 9.32. The van der Waals surface area contributed by atoms with E-state index in [1.165, 1.54) is 0 Å². The van der Waals surface area contributed by atoms with E-state index >= 15 is 0 Å². The van der Waals surface area contributed by atoms with Crippen molar-refractivity contribution >= 4 is 0 Å². The number of aromatic nitrogens is 2. The summed E-state index contributed by atoms with van der Waals surface area (Å²) in [6.45, 7) is 4.12. The van der Waals surface area contributed by atoms with E-state index in [0.29, 0.717) is 6.42 Å². The summed E-state index contributed by atoms with van der Waals surface area (Å²) < 4.78 is 1.78. The molecular formula is C11H20N2O. The summed E-state index contributed by atoms with van der Waals surface area (Å²) in [7, 11) is 1.90. The van der Waals surface area contributed by atoms with Crippen molar-refractivity contribution in [3.8, 4) is 0 Å². The Morgan fingerprint density at radius 2 is 2.21 bits per heavy atom. The average molecular weight is 196 g/mol. The van der Waals surface area contributed by atoms with Crippen molar-refractivity contribution in [1.29, 1.82) is 0 Å². The third kappa shape index (κ3) is 2.84. The molecule has 0 aliphatic carbocycles. The van der Waals surface area contributed by atoms with E-state index in [4.69, 9.17) is 0 Å². The zero-order chi connectivity index (χ0) is 10.6. The fourth-order valence-corrected chi connectivity index (χ4v) is 1.75. The van der Waals surface area contributed by atoms with E-state index in [2.05, 4.69) is 12.0 Å². The molecule has 0 radical (unpaired) electrons. The lowest BCUT2D eigenvalue weighted by Gasteiger charge is -2.25. The molecule has 0 saturated carbocycles. The maximum atomic E-state index is 10.2. The van der Waals surface area contributed by atoms with Gasteiger partial charge in [-0.3, -0.25) is 4.68 Å². The van der Waals surface area contributed by atoms with Crippen molar-refractivity contribution in [2.45, 2.75) is 45.1 Å². The molecule has 0 saturated heterocycles. The number of nitrogens with zero attached hydrogens (tertiary/aromatic N) is 2. The van der Waals surface area contributed by atoms with Crippen LogP contribution in [0.25, 0.3) is 0 Å². The Balaban J connectivity index is 2.64. The van der Waals surface area contributed by atoms with Crippen molar-refractivity contribution < 1.29 is 5.11 Å². The minimum atomic E-state index is -0.566. The molecule has 0 bridgehead atoms. The Kier molecular flexibility index (Phi) is 3.69. The lowest BCUT2D eigenvalue weighted by Crippen LogP contribution is -2.30. The van der Waals surface area contributed by atoms with Crippen LogP contribution in [0.4, 0.5) is 0 Å². The molecule has 0 amide bonds. The van der Waals surface area contributed by atoms with Crippen molar-refractivity contribution in [2.75, 3.05) is 0 Å². The third-order valence-electron chi connectivity index (χ3n) is 2.65. The standard InChI is InChI=1S/C11H20N2O/c1-4-7-11(14,5-2)9-10-6-8-13(3)12-10/h6,8,14H,4-5,7,9H2,1-3H3. The predicted molar refractivity (Wildman–Crippen MR) is 57.1 cm³/mol. The van der Waals surface area contributed by atoms with Crippen LogP contribution in [-0.2, 0) is 13.5 Å². The smallest absolute Gasteiger partial charge is 0.0701 e. The van der Waals surface area contributed by atoms with Crippen molar-refractivity contribution in [3.05, 3.63) is 18.0 Å². The fraction of sp³-hybridized carbons (Fsp3) is 0.727. The van der Waals surface area contributed by atoms with Gasteiger partial charge in [-0.15, -0.1) is 0 Å². The molecule has 0 spiro atoms. The van der Waals surface area contributed by atoms with Gasteiger partial charge in [0.05, 0.1) is 11.3 Å². The molecule has 0 fully saturated rings. The van der Waals surface area contributed by atoms with Gasteiger partial charge in [0.1, 0.15) is 0 Å². The molecule has 0 aliphatic rings. The Bertz CT molecular complexity index is 283. The van der Waals surface area contributed by atoms with Crippen LogP contribution in [0.1, 0.15) is 38.8 Å². The Morgan fingerprint density at radius 1 is 1.50 bits per heavy atom. The van der Waals surface area contributed by atoms with Gasteiger partial charge < -0.3 is 5.11 Å². The number of hydrogen-bond acceptors (Lipinski definition) is 2. The maximum absolute atomic E-state index is 10.2. The third-order valence-corrected chi connectivity index (χ3v) is 2.65. The SMILES string of the molecule is CCCC(O)(CC)Cc1ccn(C)n1. The van der Waals surface area contributed by atoms with E-state index in [1.54, 1.807) is 4.68 Å². The van der Waals surface area contributed by atoms with E-state index in [-0.39, 0.29) is 0 Å². The second-order valence-electron chi connectivity index (χ2n) is 3.99. The van der Waals surface area contributed by atoms with E-state index in [9.17, 15) is 5.11 Å². The highest BCUT2D eigenvalue weighted by Crippen LogP contribution is 2.21. The van der Waals surface area contributed by atoms with Crippen LogP contribution < -0.4 is 0 Å². The monoisotopic (exact) mass is 196 g/mol. The van der Waals surface area contributed by atoms with E-state index in [0.717, 1.165) is 25.0 Å². The van der Waals surface area contributed by atoms with Gasteiger partial charge in [-0.25, -0.2) is 0 Å². The van der Waals surface area contributed by atoms with Gasteiger partial charge in [-0.05, 0) is 18.9 Å². The molecule has 1 N–H and O–H groups in total. The van der Waals surface area contributed by atoms with E-state index < -0.39 is 5.60 Å². The van der Waals surface area contributed by atoms with Gasteiger partial charge in [0.2, 0.25) is 0 Å². The molecule has 1 atom stereocenters. The number of hydrogen-bond donors (Lipinski definition) is 1. The second-order valence-corrected chi connectivity index (χ2v) is 3.99. The summed E-state index contributed by atoms with van der Waals surface area (Å²) in [5.41, 5.74) is 0.411. The van der Waals surface area contributed by atoms with Gasteiger partial charge in [-0.1, -0.05) is 20.3 Å². The van der Waals surface area contributed by atoms with Crippen LogP contribution in [-0.4, -0.2) is 20.5 Å². The summed E-state index contributed by atoms with van der Waals surface area (Å²) in [5, 5.41) is 14.5. The molecule has 0 aromatic carbocycles. The predicted octanol–water partition coefficient (Wildman–Crippen LogP) is 1.90. The average Bonchev–Trinajstić information content (AvgIpc) is 2.51. The van der Waals surface area contributed by atoms with Crippen LogP contribution >= 0.6 is 0 Å². The molecule has 1 unspecified atom stereocenters. The van der Waals surface area contributed by atoms with Crippen LogP contribution in [0.2, 0.25) is 0 Å². The van der Waals surface area contributed by atoms with Gasteiger partial charge in [0.25, 0.3) is 0 Å². The van der Waals surface area contributed by atoms with Gasteiger partial charge >= 0.3 is 0 Å². The van der Waals surface area contributed by atoms with Crippen LogP contribution in [0, 0.1) is 0 Å². The summed E-state index contributed by atoms with van der Waals surface area (Å²) in [4.78, 5) is 0. The molecule has 1 aromatic heterocycles. The van der Waals surface area contributed by atoms with Crippen molar-refractivity contribution in [3.63, 3.8) is 0 Å². The molecule has 3 heteroatoms. The molecule has 1 heterocycles. The largest absolute Gasteiger partial charge is 0.389 e. The molecule has 3 nitrogen and oxygen atoms in total. The minimum Gasteiger partial charge on any atom is -0.389 e. The highest BCUT2D eigenvalue weighted by Gasteiger charge is 2.24. The maximum Gasteiger partial charge on any atom is 0.0701 e. The molecule has 0 aliphatic heterocycles. The highest BCUT2D eigenvalue weighted by atomic mass is 16.3. The molecule has 1 aromatic rings. The zero-order valence-corrected chi connectivity index (χ0v) is 9.32. The molecular weight excluding hydrogens is 176 g/mol. The normalized spacial score (nSPS) is 15.4. The quantitative estimate of drug-likeness (QED) is 0.781. The summed E-state index contributed by atoms with van der Waals surface area (Å²) in [5.74, 6) is 0. The first-order chi connectivity index (χ1) is 6.59. The summed E-state index contributed by atoms with van der Waals surface area (Å²) in [6.07, 6.45) is 5.23. The van der Waals surface area contributed by atoms with Crippen LogP contribution in [0.5, 0.6) is 0 Å². The topological polar surface area (TPSA) is 38.0 Å². The highest BCUT2D eigenvalue weighted by molar-refractivity contribution is 5.03.